The number of nitrogens with two attached hydrogens (primary N) is 1. The van der Waals surface area contributed by atoms with Gasteiger partial charge in [0.25, 0.3) is 0 Å². The Hall–Kier alpha value is -1.26. The zero-order chi connectivity index (χ0) is 12.8. The van der Waals surface area contributed by atoms with Gasteiger partial charge in [0.05, 0.1) is 0 Å². The van der Waals surface area contributed by atoms with Crippen LogP contribution in [0.25, 0.3) is 0 Å². The molecule has 1 atom stereocenters. The normalized spacial score (nSPS) is 12.5. The Morgan fingerprint density at radius 3 is 2.41 bits per heavy atom. The standard InChI is InChI=1S/C13H18F2N2/c1-3-9(2)4-13(17-16)7-10-5-11(14)8-12(15)6-10/h5-6,8,13,17H,2-4,7,16H2,1H3. The van der Waals surface area contributed by atoms with Crippen molar-refractivity contribution in [1.29, 1.82) is 0 Å². The lowest BCUT2D eigenvalue weighted by Crippen LogP contribution is -2.37. The predicted octanol–water partition coefficient (Wildman–Crippen LogP) is 2.70. The van der Waals surface area contributed by atoms with Crippen molar-refractivity contribution in [1.82, 2.24) is 5.43 Å². The summed E-state index contributed by atoms with van der Waals surface area (Å²) in [4.78, 5) is 0. The number of hydrazine groups is 1. The van der Waals surface area contributed by atoms with Crippen molar-refractivity contribution in [2.24, 2.45) is 5.84 Å². The maximum absolute atomic E-state index is 13.0. The first-order valence-electron chi connectivity index (χ1n) is 5.63. The second-order valence-corrected chi connectivity index (χ2v) is 4.15. The van der Waals surface area contributed by atoms with E-state index in [9.17, 15) is 8.78 Å². The van der Waals surface area contributed by atoms with Crippen molar-refractivity contribution in [3.05, 3.63) is 47.5 Å². The largest absolute Gasteiger partial charge is 0.271 e. The van der Waals surface area contributed by atoms with Crippen molar-refractivity contribution in [3.63, 3.8) is 0 Å². The Kier molecular flexibility index (Phi) is 5.25. The minimum atomic E-state index is -0.565. The summed E-state index contributed by atoms with van der Waals surface area (Å²) in [6, 6.07) is 3.45. The van der Waals surface area contributed by atoms with Crippen molar-refractivity contribution < 1.29 is 8.78 Å². The molecule has 2 nitrogen and oxygen atoms in total. The molecule has 1 aromatic carbocycles. The fourth-order valence-corrected chi connectivity index (χ4v) is 1.70. The number of hydrogen-bond acceptors (Lipinski definition) is 2. The van der Waals surface area contributed by atoms with E-state index in [-0.39, 0.29) is 6.04 Å². The topological polar surface area (TPSA) is 38.0 Å². The molecule has 0 saturated carbocycles. The highest BCUT2D eigenvalue weighted by atomic mass is 19.1. The minimum absolute atomic E-state index is 0.0522. The summed E-state index contributed by atoms with van der Waals surface area (Å²) >= 11 is 0. The summed E-state index contributed by atoms with van der Waals surface area (Å²) in [6.07, 6.45) is 2.05. The van der Waals surface area contributed by atoms with Crippen LogP contribution in [0.2, 0.25) is 0 Å². The average Bonchev–Trinajstić information content (AvgIpc) is 2.26. The number of halogens is 2. The first-order chi connectivity index (χ1) is 8.05. The lowest BCUT2D eigenvalue weighted by atomic mass is 9.99. The van der Waals surface area contributed by atoms with Crippen LogP contribution in [-0.2, 0) is 6.42 Å². The third kappa shape index (κ3) is 4.63. The van der Waals surface area contributed by atoms with Crippen molar-refractivity contribution in [3.8, 4) is 0 Å². The van der Waals surface area contributed by atoms with E-state index in [0.717, 1.165) is 18.1 Å². The molecule has 0 aromatic heterocycles. The van der Waals surface area contributed by atoms with E-state index in [2.05, 4.69) is 12.0 Å². The number of nitrogens with one attached hydrogen (secondary N) is 1. The molecule has 0 aliphatic rings. The average molecular weight is 240 g/mol. The van der Waals surface area contributed by atoms with Crippen LogP contribution in [0.1, 0.15) is 25.3 Å². The van der Waals surface area contributed by atoms with E-state index >= 15 is 0 Å². The molecule has 0 saturated heterocycles. The molecule has 1 aromatic rings. The fraction of sp³-hybridized carbons (Fsp3) is 0.385. The molecule has 17 heavy (non-hydrogen) atoms. The highest BCUT2D eigenvalue weighted by molar-refractivity contribution is 5.19. The summed E-state index contributed by atoms with van der Waals surface area (Å²) < 4.78 is 26.0. The van der Waals surface area contributed by atoms with Crippen molar-refractivity contribution in [2.45, 2.75) is 32.2 Å². The molecular weight excluding hydrogens is 222 g/mol. The van der Waals surface area contributed by atoms with Crippen LogP contribution in [0.3, 0.4) is 0 Å². The van der Waals surface area contributed by atoms with E-state index in [4.69, 9.17) is 5.84 Å². The first-order valence-corrected chi connectivity index (χ1v) is 5.63. The minimum Gasteiger partial charge on any atom is -0.271 e. The molecule has 0 radical (unpaired) electrons. The fourth-order valence-electron chi connectivity index (χ4n) is 1.70. The first kappa shape index (κ1) is 13.8. The maximum atomic E-state index is 13.0. The smallest absolute Gasteiger partial charge is 0.126 e. The maximum Gasteiger partial charge on any atom is 0.126 e. The van der Waals surface area contributed by atoms with Crippen LogP contribution < -0.4 is 11.3 Å². The van der Waals surface area contributed by atoms with E-state index < -0.39 is 11.6 Å². The van der Waals surface area contributed by atoms with Crippen LogP contribution in [-0.4, -0.2) is 6.04 Å². The summed E-state index contributed by atoms with van der Waals surface area (Å²) in [6.45, 7) is 5.91. The van der Waals surface area contributed by atoms with Gasteiger partial charge in [-0.2, -0.15) is 0 Å². The predicted molar refractivity (Wildman–Crippen MR) is 65.2 cm³/mol. The van der Waals surface area contributed by atoms with E-state index in [0.29, 0.717) is 18.4 Å². The van der Waals surface area contributed by atoms with Gasteiger partial charge in [-0.05, 0) is 37.0 Å². The Morgan fingerprint density at radius 2 is 1.94 bits per heavy atom. The van der Waals surface area contributed by atoms with E-state index in [1.807, 2.05) is 6.92 Å². The molecule has 94 valence electrons. The van der Waals surface area contributed by atoms with Crippen LogP contribution in [0.5, 0.6) is 0 Å². The SMILES string of the molecule is C=C(CC)CC(Cc1cc(F)cc(F)c1)NN. The van der Waals surface area contributed by atoms with E-state index in [1.165, 1.54) is 12.1 Å². The lowest BCUT2D eigenvalue weighted by molar-refractivity contribution is 0.511. The second kappa shape index (κ2) is 6.47. The van der Waals surface area contributed by atoms with Gasteiger partial charge >= 0.3 is 0 Å². The van der Waals surface area contributed by atoms with Gasteiger partial charge in [0, 0.05) is 12.1 Å². The summed E-state index contributed by atoms with van der Waals surface area (Å²) in [5.41, 5.74) is 4.30. The van der Waals surface area contributed by atoms with Crippen LogP contribution in [0.15, 0.2) is 30.4 Å². The van der Waals surface area contributed by atoms with Crippen molar-refractivity contribution >= 4 is 0 Å². The summed E-state index contributed by atoms with van der Waals surface area (Å²) in [5.74, 6) is 4.29. The van der Waals surface area contributed by atoms with Gasteiger partial charge in [0.15, 0.2) is 0 Å². The number of rotatable bonds is 6. The lowest BCUT2D eigenvalue weighted by Gasteiger charge is -2.16. The molecular formula is C13H18F2N2. The molecule has 1 rings (SSSR count). The van der Waals surface area contributed by atoms with E-state index in [1.54, 1.807) is 0 Å². The molecule has 3 N–H and O–H groups in total. The van der Waals surface area contributed by atoms with Crippen LogP contribution in [0, 0.1) is 11.6 Å². The highest BCUT2D eigenvalue weighted by Crippen LogP contribution is 2.14. The van der Waals surface area contributed by atoms with Gasteiger partial charge in [0.2, 0.25) is 0 Å². The zero-order valence-corrected chi connectivity index (χ0v) is 9.97. The molecule has 0 heterocycles. The molecule has 0 fully saturated rings. The van der Waals surface area contributed by atoms with Gasteiger partial charge in [0.1, 0.15) is 11.6 Å². The Balaban J connectivity index is 2.70. The van der Waals surface area contributed by atoms with Gasteiger partial charge in [-0.3, -0.25) is 11.3 Å². The quantitative estimate of drug-likeness (QED) is 0.456. The molecule has 4 heteroatoms. The third-order valence-electron chi connectivity index (χ3n) is 2.68. The molecule has 0 aliphatic heterocycles. The third-order valence-corrected chi connectivity index (χ3v) is 2.68. The van der Waals surface area contributed by atoms with Gasteiger partial charge in [-0.1, -0.05) is 19.1 Å². The highest BCUT2D eigenvalue weighted by Gasteiger charge is 2.10. The van der Waals surface area contributed by atoms with Gasteiger partial charge in [-0.15, -0.1) is 0 Å². The molecule has 1 unspecified atom stereocenters. The molecule has 0 amide bonds. The summed E-state index contributed by atoms with van der Waals surface area (Å²) in [5, 5.41) is 0. The Morgan fingerprint density at radius 1 is 1.35 bits per heavy atom. The Bertz CT molecular complexity index is 371. The molecule has 0 spiro atoms. The molecule has 0 aliphatic carbocycles. The Labute approximate surface area is 100 Å². The molecule has 0 bridgehead atoms. The van der Waals surface area contributed by atoms with Crippen molar-refractivity contribution in [2.75, 3.05) is 0 Å². The monoisotopic (exact) mass is 240 g/mol. The second-order valence-electron chi connectivity index (χ2n) is 4.15. The number of benzene rings is 1. The zero-order valence-electron chi connectivity index (χ0n) is 9.97. The van der Waals surface area contributed by atoms with Gasteiger partial charge in [-0.25, -0.2) is 8.78 Å². The van der Waals surface area contributed by atoms with Crippen LogP contribution >= 0.6 is 0 Å². The number of hydrogen-bond donors (Lipinski definition) is 2. The van der Waals surface area contributed by atoms with Crippen LogP contribution in [0.4, 0.5) is 8.78 Å². The van der Waals surface area contributed by atoms with Gasteiger partial charge < -0.3 is 0 Å². The summed E-state index contributed by atoms with van der Waals surface area (Å²) in [7, 11) is 0.